The van der Waals surface area contributed by atoms with Crippen LogP contribution in [0.4, 0.5) is 8.78 Å². The molecule has 10 nitrogen and oxygen atoms in total. The fourth-order valence-corrected chi connectivity index (χ4v) is 4.36. The van der Waals surface area contributed by atoms with Crippen LogP contribution in [0.3, 0.4) is 0 Å². The fraction of sp³-hybridized carbons (Fsp3) is 0.174. The smallest absolute Gasteiger partial charge is 0.277 e. The minimum absolute atomic E-state index is 0.0211. The number of aromatic nitrogens is 6. The summed E-state index contributed by atoms with van der Waals surface area (Å²) in [5.41, 5.74) is 2.19. The molecule has 1 aliphatic rings. The van der Waals surface area contributed by atoms with Crippen LogP contribution >= 0.6 is 0 Å². The zero-order valence-corrected chi connectivity index (χ0v) is 18.4. The Balaban J connectivity index is 1.25. The van der Waals surface area contributed by atoms with Crippen molar-refractivity contribution < 1.29 is 13.6 Å². The molecular formula is C23H18F2N8O2. The monoisotopic (exact) mass is 476 g/mol. The van der Waals surface area contributed by atoms with Crippen molar-refractivity contribution in [2.24, 2.45) is 0 Å². The van der Waals surface area contributed by atoms with Crippen molar-refractivity contribution in [1.29, 1.82) is 0 Å². The van der Waals surface area contributed by atoms with Crippen LogP contribution in [0.5, 0.6) is 0 Å². The van der Waals surface area contributed by atoms with Crippen LogP contribution in [0, 0.1) is 11.6 Å². The molecule has 6 rings (SSSR count). The first kappa shape index (κ1) is 21.1. The molecule has 1 amide bonds. The van der Waals surface area contributed by atoms with E-state index in [0.29, 0.717) is 24.5 Å². The van der Waals surface area contributed by atoms with E-state index in [1.807, 2.05) is 11.1 Å². The van der Waals surface area contributed by atoms with Crippen molar-refractivity contribution in [3.05, 3.63) is 87.4 Å². The van der Waals surface area contributed by atoms with Crippen molar-refractivity contribution in [1.82, 2.24) is 39.6 Å². The van der Waals surface area contributed by atoms with E-state index < -0.39 is 17.2 Å². The van der Waals surface area contributed by atoms with E-state index in [1.165, 1.54) is 12.1 Å². The van der Waals surface area contributed by atoms with Crippen molar-refractivity contribution in [2.75, 3.05) is 7.05 Å². The number of hydrogen-bond acceptors (Lipinski definition) is 6. The van der Waals surface area contributed by atoms with E-state index in [2.05, 4.69) is 25.5 Å². The van der Waals surface area contributed by atoms with Crippen molar-refractivity contribution in [3.8, 4) is 5.69 Å². The first-order valence-corrected chi connectivity index (χ1v) is 10.8. The summed E-state index contributed by atoms with van der Waals surface area (Å²) in [6.07, 6.45) is 3.44. The van der Waals surface area contributed by atoms with E-state index in [1.54, 1.807) is 36.1 Å². The Hall–Kier alpha value is -4.45. The Morgan fingerprint density at radius 1 is 1.17 bits per heavy atom. The third-order valence-electron chi connectivity index (χ3n) is 6.06. The van der Waals surface area contributed by atoms with Gasteiger partial charge in [0.15, 0.2) is 11.3 Å². The number of pyridine rings is 1. The summed E-state index contributed by atoms with van der Waals surface area (Å²) in [4.78, 5) is 32.6. The molecule has 0 saturated heterocycles. The number of amides is 1. The minimum Gasteiger partial charge on any atom is -0.354 e. The molecule has 4 aromatic heterocycles. The molecule has 12 heteroatoms. The van der Waals surface area contributed by atoms with Gasteiger partial charge in [-0.1, -0.05) is 6.07 Å². The largest absolute Gasteiger partial charge is 0.354 e. The number of carbonyl (C=O) groups excluding carboxylic acids is 1. The number of para-hydroxylation sites is 1. The number of nitrogens with zero attached hydrogens (tertiary/aromatic N) is 6. The fourth-order valence-electron chi connectivity index (χ4n) is 4.36. The van der Waals surface area contributed by atoms with Gasteiger partial charge in [0.1, 0.15) is 22.7 Å². The number of benzene rings is 1. The number of rotatable bonds is 4. The predicted octanol–water partition coefficient (Wildman–Crippen LogP) is 1.91. The average Bonchev–Trinajstić information content (AvgIpc) is 3.52. The van der Waals surface area contributed by atoms with E-state index in [-0.39, 0.29) is 34.7 Å². The van der Waals surface area contributed by atoms with E-state index >= 15 is 4.39 Å². The Morgan fingerprint density at radius 3 is 2.77 bits per heavy atom. The third-order valence-corrected chi connectivity index (χ3v) is 6.06. The lowest BCUT2D eigenvalue weighted by Crippen LogP contribution is -2.19. The summed E-state index contributed by atoms with van der Waals surface area (Å²) in [7, 11) is 1.54. The highest BCUT2D eigenvalue weighted by molar-refractivity contribution is 5.92. The molecule has 1 aliphatic heterocycles. The second-order valence-corrected chi connectivity index (χ2v) is 8.28. The summed E-state index contributed by atoms with van der Waals surface area (Å²) in [6, 6.07) is 7.65. The lowest BCUT2D eigenvalue weighted by molar-refractivity contribution is 0.0958. The van der Waals surface area contributed by atoms with Gasteiger partial charge in [0.2, 0.25) is 0 Å². The van der Waals surface area contributed by atoms with Gasteiger partial charge < -0.3 is 10.3 Å². The van der Waals surface area contributed by atoms with Crippen LogP contribution in [-0.4, -0.2) is 47.2 Å². The standard InChI is InChI=1S/C23H18F2N8O2/c1-26-22(34)15-6-5-13(7-27-15)32-9-12-8-31(10-16(12)29-32)11-17-19(25)21-23(35)28-20-14(24)3-2-4-18(20)33(21)30-17/h2-7,9H,8,10-11H2,1H3,(H,26,34)(H,28,35). The second kappa shape index (κ2) is 7.81. The summed E-state index contributed by atoms with van der Waals surface area (Å²) in [5.74, 6) is -1.61. The average molecular weight is 476 g/mol. The van der Waals surface area contributed by atoms with Gasteiger partial charge in [-0.15, -0.1) is 0 Å². The number of hydrogen-bond donors (Lipinski definition) is 2. The molecule has 35 heavy (non-hydrogen) atoms. The molecule has 0 aliphatic carbocycles. The Labute approximate surface area is 195 Å². The van der Waals surface area contributed by atoms with E-state index in [4.69, 9.17) is 0 Å². The van der Waals surface area contributed by atoms with Gasteiger partial charge in [0, 0.05) is 38.4 Å². The molecule has 0 atom stereocenters. The van der Waals surface area contributed by atoms with Gasteiger partial charge in [0.05, 0.1) is 23.1 Å². The minimum atomic E-state index is -0.740. The Bertz CT molecular complexity index is 1660. The van der Waals surface area contributed by atoms with Crippen LogP contribution in [0.15, 0.2) is 47.5 Å². The lowest BCUT2D eigenvalue weighted by atomic mass is 10.3. The molecule has 5 heterocycles. The number of halogens is 2. The molecule has 0 saturated carbocycles. The normalized spacial score (nSPS) is 13.6. The Kier molecular flexibility index (Phi) is 4.71. The van der Waals surface area contributed by atoms with E-state index in [9.17, 15) is 14.0 Å². The summed E-state index contributed by atoms with van der Waals surface area (Å²) in [5, 5.41) is 11.4. The molecule has 5 aromatic rings. The van der Waals surface area contributed by atoms with Crippen LogP contribution in [0.1, 0.15) is 27.4 Å². The van der Waals surface area contributed by atoms with Crippen molar-refractivity contribution >= 4 is 22.5 Å². The second-order valence-electron chi connectivity index (χ2n) is 8.28. The summed E-state index contributed by atoms with van der Waals surface area (Å²) in [6.45, 7) is 1.13. The summed E-state index contributed by atoms with van der Waals surface area (Å²) < 4.78 is 32.1. The van der Waals surface area contributed by atoms with Gasteiger partial charge in [-0.05, 0) is 24.3 Å². The summed E-state index contributed by atoms with van der Waals surface area (Å²) >= 11 is 0. The molecule has 1 aromatic carbocycles. The molecule has 0 fully saturated rings. The third kappa shape index (κ3) is 3.37. The van der Waals surface area contributed by atoms with E-state index in [0.717, 1.165) is 15.8 Å². The zero-order chi connectivity index (χ0) is 24.3. The highest BCUT2D eigenvalue weighted by Gasteiger charge is 2.27. The maximum Gasteiger partial charge on any atom is 0.277 e. The predicted molar refractivity (Wildman–Crippen MR) is 121 cm³/mol. The lowest BCUT2D eigenvalue weighted by Gasteiger charge is -2.13. The Morgan fingerprint density at radius 2 is 2.03 bits per heavy atom. The number of aromatic amines is 1. The van der Waals surface area contributed by atoms with Crippen molar-refractivity contribution in [3.63, 3.8) is 0 Å². The van der Waals surface area contributed by atoms with Gasteiger partial charge in [-0.2, -0.15) is 10.2 Å². The van der Waals surface area contributed by atoms with Crippen LogP contribution < -0.4 is 10.9 Å². The molecule has 2 N–H and O–H groups in total. The maximum atomic E-state index is 15.1. The highest BCUT2D eigenvalue weighted by atomic mass is 19.1. The first-order chi connectivity index (χ1) is 16.9. The maximum absolute atomic E-state index is 15.1. The van der Waals surface area contributed by atoms with Crippen LogP contribution in [-0.2, 0) is 19.6 Å². The van der Waals surface area contributed by atoms with Crippen LogP contribution in [0.25, 0.3) is 22.2 Å². The van der Waals surface area contributed by atoms with Gasteiger partial charge in [0.25, 0.3) is 11.5 Å². The molecule has 176 valence electrons. The zero-order valence-electron chi connectivity index (χ0n) is 18.4. The van der Waals surface area contributed by atoms with Gasteiger partial charge >= 0.3 is 0 Å². The SMILES string of the molecule is CNC(=O)c1ccc(-n2cc3c(n2)CN(Cc2nn4c(c2F)c(=O)[nH]c2c(F)cccc24)C3)cn1. The quantitative estimate of drug-likeness (QED) is 0.410. The highest BCUT2D eigenvalue weighted by Crippen LogP contribution is 2.26. The molecule has 0 unspecified atom stereocenters. The molecule has 0 radical (unpaired) electrons. The molecular weight excluding hydrogens is 458 g/mol. The number of fused-ring (bicyclic) bond motifs is 4. The number of nitrogens with one attached hydrogen (secondary N) is 2. The van der Waals surface area contributed by atoms with Gasteiger partial charge in [-0.3, -0.25) is 14.5 Å². The number of carbonyl (C=O) groups is 1. The van der Waals surface area contributed by atoms with Gasteiger partial charge in [-0.25, -0.2) is 23.0 Å². The van der Waals surface area contributed by atoms with Crippen molar-refractivity contribution in [2.45, 2.75) is 19.6 Å². The molecule has 0 bridgehead atoms. The topological polar surface area (TPSA) is 113 Å². The van der Waals surface area contributed by atoms with Crippen LogP contribution in [0.2, 0.25) is 0 Å². The number of H-pyrrole nitrogens is 1. The first-order valence-electron chi connectivity index (χ1n) is 10.8. The molecule has 0 spiro atoms.